The van der Waals surface area contributed by atoms with Gasteiger partial charge in [0, 0.05) is 25.7 Å². The van der Waals surface area contributed by atoms with E-state index in [1.807, 2.05) is 31.1 Å². The van der Waals surface area contributed by atoms with Gasteiger partial charge in [-0.15, -0.1) is 0 Å². The highest BCUT2D eigenvalue weighted by molar-refractivity contribution is 6.04. The molecule has 2 N–H and O–H groups in total. The van der Waals surface area contributed by atoms with Crippen molar-refractivity contribution in [3.63, 3.8) is 0 Å². The summed E-state index contributed by atoms with van der Waals surface area (Å²) in [7, 11) is 2.00. The average Bonchev–Trinajstić information content (AvgIpc) is 3.46. The van der Waals surface area contributed by atoms with E-state index in [9.17, 15) is 4.79 Å². The van der Waals surface area contributed by atoms with Crippen LogP contribution in [0, 0.1) is 6.92 Å². The van der Waals surface area contributed by atoms with E-state index in [0.29, 0.717) is 0 Å². The molecule has 6 heteroatoms. The molecule has 3 heterocycles. The SMILES string of the molecule is Cc1nc2c3c(c(C(=O)NN4CC4)cc2n1C)CCC(c1ccccc1)N3. The number of nitrogens with zero attached hydrogens (tertiary/aromatic N) is 3. The first-order chi connectivity index (χ1) is 13.1. The third kappa shape index (κ3) is 2.77. The Labute approximate surface area is 158 Å². The number of anilines is 1. The van der Waals surface area contributed by atoms with Crippen LogP contribution in [0.25, 0.3) is 11.0 Å². The molecule has 2 aromatic carbocycles. The van der Waals surface area contributed by atoms with E-state index in [1.54, 1.807) is 0 Å². The van der Waals surface area contributed by atoms with E-state index in [-0.39, 0.29) is 11.9 Å². The second-order valence-corrected chi connectivity index (χ2v) is 7.44. The van der Waals surface area contributed by atoms with Crippen LogP contribution in [0.15, 0.2) is 36.4 Å². The number of nitrogens with one attached hydrogen (secondary N) is 2. The van der Waals surface area contributed by atoms with Crippen LogP contribution in [-0.4, -0.2) is 33.6 Å². The van der Waals surface area contributed by atoms with Gasteiger partial charge in [0.25, 0.3) is 5.91 Å². The fourth-order valence-electron chi connectivity index (χ4n) is 3.93. The summed E-state index contributed by atoms with van der Waals surface area (Å²) >= 11 is 0. The maximum Gasteiger partial charge on any atom is 0.266 e. The van der Waals surface area contributed by atoms with Crippen molar-refractivity contribution in [2.24, 2.45) is 7.05 Å². The number of carbonyl (C=O) groups excluding carboxylic acids is 1. The van der Waals surface area contributed by atoms with E-state index < -0.39 is 0 Å². The summed E-state index contributed by atoms with van der Waals surface area (Å²) in [6.45, 7) is 3.85. The third-order valence-corrected chi connectivity index (χ3v) is 5.66. The molecule has 138 valence electrons. The zero-order chi connectivity index (χ0) is 18.5. The summed E-state index contributed by atoms with van der Waals surface area (Å²) in [5.41, 5.74) is 9.04. The Morgan fingerprint density at radius 3 is 2.78 bits per heavy atom. The van der Waals surface area contributed by atoms with Gasteiger partial charge in [-0.25, -0.2) is 9.99 Å². The standard InChI is InChI=1S/C21H23N5O/c1-13-22-20-18(25(13)2)12-16(21(27)24-26-10-11-26)15-8-9-17(23-19(15)20)14-6-4-3-5-7-14/h3-7,12,17,23H,8-11H2,1-2H3,(H,24,27). The molecule has 2 aliphatic rings. The molecule has 5 rings (SSSR count). The molecule has 0 bridgehead atoms. The number of hydrazine groups is 1. The van der Waals surface area contributed by atoms with Crippen molar-refractivity contribution in [1.29, 1.82) is 0 Å². The number of hydrogen-bond acceptors (Lipinski definition) is 4. The minimum absolute atomic E-state index is 0.0236. The second kappa shape index (κ2) is 6.09. The number of imidazole rings is 1. The molecule has 1 saturated heterocycles. The zero-order valence-corrected chi connectivity index (χ0v) is 15.6. The molecule has 1 aromatic heterocycles. The molecule has 0 aliphatic carbocycles. The van der Waals surface area contributed by atoms with Gasteiger partial charge in [-0.05, 0) is 37.0 Å². The maximum absolute atomic E-state index is 12.9. The number of aryl methyl sites for hydroxylation is 2. The molecule has 2 aliphatic heterocycles. The lowest BCUT2D eigenvalue weighted by Crippen LogP contribution is -2.31. The Balaban J connectivity index is 1.63. The number of benzene rings is 2. The van der Waals surface area contributed by atoms with Crippen LogP contribution in [-0.2, 0) is 13.5 Å². The number of hydrogen-bond donors (Lipinski definition) is 2. The van der Waals surface area contributed by atoms with E-state index >= 15 is 0 Å². The quantitative estimate of drug-likeness (QED) is 0.704. The fourth-order valence-corrected chi connectivity index (χ4v) is 3.93. The minimum Gasteiger partial charge on any atom is -0.376 e. The summed E-state index contributed by atoms with van der Waals surface area (Å²) in [5, 5.41) is 5.62. The summed E-state index contributed by atoms with van der Waals surface area (Å²) < 4.78 is 2.05. The first-order valence-corrected chi connectivity index (χ1v) is 9.48. The highest BCUT2D eigenvalue weighted by Crippen LogP contribution is 2.39. The van der Waals surface area contributed by atoms with Crippen molar-refractivity contribution in [2.75, 3.05) is 18.4 Å². The van der Waals surface area contributed by atoms with E-state index in [4.69, 9.17) is 4.98 Å². The molecule has 6 nitrogen and oxygen atoms in total. The van der Waals surface area contributed by atoms with E-state index in [0.717, 1.165) is 59.6 Å². The Hall–Kier alpha value is -2.86. The van der Waals surface area contributed by atoms with Gasteiger partial charge < -0.3 is 9.88 Å². The Morgan fingerprint density at radius 1 is 1.26 bits per heavy atom. The van der Waals surface area contributed by atoms with Gasteiger partial charge in [-0.1, -0.05) is 30.3 Å². The normalized spacial score (nSPS) is 18.8. The number of amides is 1. The lowest BCUT2D eigenvalue weighted by molar-refractivity contribution is 0.0895. The van der Waals surface area contributed by atoms with E-state index in [2.05, 4.69) is 39.6 Å². The van der Waals surface area contributed by atoms with Crippen molar-refractivity contribution in [3.8, 4) is 0 Å². The molecule has 1 amide bonds. The highest BCUT2D eigenvalue weighted by Gasteiger charge is 2.29. The molecule has 0 radical (unpaired) electrons. The summed E-state index contributed by atoms with van der Waals surface area (Å²) in [6, 6.07) is 12.7. The van der Waals surface area contributed by atoms with Crippen LogP contribution in [0.5, 0.6) is 0 Å². The van der Waals surface area contributed by atoms with Crippen LogP contribution in [0.2, 0.25) is 0 Å². The lowest BCUT2D eigenvalue weighted by Gasteiger charge is -2.29. The van der Waals surface area contributed by atoms with Crippen LogP contribution in [0.3, 0.4) is 0 Å². The fraction of sp³-hybridized carbons (Fsp3) is 0.333. The number of rotatable bonds is 3. The monoisotopic (exact) mass is 361 g/mol. The van der Waals surface area contributed by atoms with Gasteiger partial charge >= 0.3 is 0 Å². The van der Waals surface area contributed by atoms with Crippen molar-refractivity contribution in [2.45, 2.75) is 25.8 Å². The molecule has 1 fully saturated rings. The molecule has 27 heavy (non-hydrogen) atoms. The molecule has 0 saturated carbocycles. The Morgan fingerprint density at radius 2 is 2.04 bits per heavy atom. The van der Waals surface area contributed by atoms with Gasteiger partial charge in [0.1, 0.15) is 11.3 Å². The predicted molar refractivity (Wildman–Crippen MR) is 106 cm³/mol. The number of fused-ring (bicyclic) bond motifs is 3. The van der Waals surface area contributed by atoms with Gasteiger partial charge in [0.05, 0.1) is 17.2 Å². The molecular weight excluding hydrogens is 338 g/mol. The molecule has 0 spiro atoms. The van der Waals surface area contributed by atoms with Crippen LogP contribution < -0.4 is 10.7 Å². The highest BCUT2D eigenvalue weighted by atomic mass is 16.2. The van der Waals surface area contributed by atoms with Crippen LogP contribution in [0.1, 0.15) is 39.8 Å². The number of aromatic nitrogens is 2. The summed E-state index contributed by atoms with van der Waals surface area (Å²) in [5.74, 6) is 0.920. The minimum atomic E-state index is -0.0236. The molecule has 1 unspecified atom stereocenters. The Kier molecular flexibility index (Phi) is 3.68. The van der Waals surface area contributed by atoms with E-state index in [1.165, 1.54) is 5.56 Å². The van der Waals surface area contributed by atoms with Gasteiger partial charge in [0.2, 0.25) is 0 Å². The van der Waals surface area contributed by atoms with Gasteiger partial charge in [0.15, 0.2) is 0 Å². The molecular formula is C21H23N5O. The zero-order valence-electron chi connectivity index (χ0n) is 15.6. The maximum atomic E-state index is 12.9. The predicted octanol–water partition coefficient (Wildman–Crippen LogP) is 2.94. The average molecular weight is 361 g/mol. The topological polar surface area (TPSA) is 62.0 Å². The van der Waals surface area contributed by atoms with Gasteiger partial charge in [-0.2, -0.15) is 0 Å². The van der Waals surface area contributed by atoms with Crippen molar-refractivity contribution in [3.05, 3.63) is 58.9 Å². The summed E-state index contributed by atoms with van der Waals surface area (Å²) in [6.07, 6.45) is 1.81. The van der Waals surface area contributed by atoms with Gasteiger partial charge in [-0.3, -0.25) is 10.2 Å². The third-order valence-electron chi connectivity index (χ3n) is 5.66. The van der Waals surface area contributed by atoms with Crippen molar-refractivity contribution < 1.29 is 4.79 Å². The Bertz CT molecular complexity index is 1040. The second-order valence-electron chi connectivity index (χ2n) is 7.44. The largest absolute Gasteiger partial charge is 0.376 e. The smallest absolute Gasteiger partial charge is 0.266 e. The lowest BCUT2D eigenvalue weighted by atomic mass is 9.89. The van der Waals surface area contributed by atoms with Crippen LogP contribution >= 0.6 is 0 Å². The van der Waals surface area contributed by atoms with Crippen molar-refractivity contribution >= 4 is 22.6 Å². The first-order valence-electron chi connectivity index (χ1n) is 9.48. The van der Waals surface area contributed by atoms with Crippen LogP contribution in [0.4, 0.5) is 5.69 Å². The van der Waals surface area contributed by atoms with Crippen molar-refractivity contribution in [1.82, 2.24) is 20.0 Å². The molecule has 1 atom stereocenters. The summed E-state index contributed by atoms with van der Waals surface area (Å²) in [4.78, 5) is 17.7. The molecule has 3 aromatic rings. The first kappa shape index (κ1) is 16.3. The number of carbonyl (C=O) groups is 1.